The van der Waals surface area contributed by atoms with Crippen LogP contribution in [0.1, 0.15) is 31.3 Å². The number of nitrogens with zero attached hydrogens (tertiary/aromatic N) is 6. The Labute approximate surface area is 197 Å². The summed E-state index contributed by atoms with van der Waals surface area (Å²) >= 11 is 0. The highest BCUT2D eigenvalue weighted by molar-refractivity contribution is 7.93. The van der Waals surface area contributed by atoms with Crippen LogP contribution in [-0.4, -0.2) is 61.8 Å². The molecule has 13 heteroatoms. The Hall–Kier alpha value is -3.87. The van der Waals surface area contributed by atoms with Crippen molar-refractivity contribution in [2.75, 3.05) is 11.8 Å². The van der Waals surface area contributed by atoms with E-state index in [2.05, 4.69) is 29.9 Å². The fraction of sp³-hybridized carbons (Fsp3) is 0.333. The number of anilines is 1. The first-order valence-corrected chi connectivity index (χ1v) is 11.9. The molecule has 3 N–H and O–H groups in total. The molecule has 0 amide bonds. The van der Waals surface area contributed by atoms with Crippen molar-refractivity contribution in [1.29, 1.82) is 5.41 Å². The maximum Gasteiger partial charge on any atom is 0.239 e. The number of nitrogens with one attached hydrogen (secondary N) is 2. The summed E-state index contributed by atoms with van der Waals surface area (Å²) in [5.41, 5.74) is 1.23. The van der Waals surface area contributed by atoms with Gasteiger partial charge in [-0.15, -0.1) is 10.2 Å². The predicted octanol–water partition coefficient (Wildman–Crippen LogP) is 2.47. The molecule has 0 unspecified atom stereocenters. The van der Waals surface area contributed by atoms with Crippen molar-refractivity contribution < 1.29 is 18.3 Å². The summed E-state index contributed by atoms with van der Waals surface area (Å²) in [6.07, 6.45) is 5.44. The normalized spacial score (nSPS) is 13.8. The Morgan fingerprint density at radius 2 is 1.97 bits per heavy atom. The van der Waals surface area contributed by atoms with Crippen molar-refractivity contribution in [3.05, 3.63) is 53.8 Å². The van der Waals surface area contributed by atoms with Crippen LogP contribution < -0.4 is 9.46 Å². The minimum atomic E-state index is -3.94. The smallest absolute Gasteiger partial charge is 0.239 e. The van der Waals surface area contributed by atoms with Gasteiger partial charge in [-0.25, -0.2) is 23.4 Å². The number of aromatic nitrogens is 6. The summed E-state index contributed by atoms with van der Waals surface area (Å²) in [7, 11) is -2.47. The standard InChI is InChI=1S/C21H26N8O4S/c1-13-11-23-18(24-12-13)10-14(2)34(31,32)28-21-27-26-20(16-6-5-7-19(25-16)33-4)29(21)15(3)17(30)8-9-22/h5-9,11-12,14-15,22,30H,10H2,1-4H3,(H,27,28)/b17-8-,22-9?/t14-,15-/m0/s1. The van der Waals surface area contributed by atoms with E-state index in [0.29, 0.717) is 17.4 Å². The quantitative estimate of drug-likeness (QED) is 0.288. The second kappa shape index (κ2) is 10.4. The Kier molecular flexibility index (Phi) is 7.56. The summed E-state index contributed by atoms with van der Waals surface area (Å²) in [6.45, 7) is 4.99. The number of ether oxygens (including phenoxy) is 1. The van der Waals surface area contributed by atoms with Gasteiger partial charge in [-0.05, 0) is 38.5 Å². The number of aliphatic hydroxyl groups is 1. The Bertz CT molecular complexity index is 1290. The molecule has 0 aromatic carbocycles. The highest BCUT2D eigenvalue weighted by atomic mass is 32.2. The van der Waals surface area contributed by atoms with Crippen molar-refractivity contribution in [3.63, 3.8) is 0 Å². The largest absolute Gasteiger partial charge is 0.510 e. The highest BCUT2D eigenvalue weighted by Crippen LogP contribution is 2.29. The Morgan fingerprint density at radius 1 is 1.26 bits per heavy atom. The second-order valence-electron chi connectivity index (χ2n) is 7.56. The number of aliphatic hydroxyl groups excluding tert-OH is 1. The predicted molar refractivity (Wildman–Crippen MR) is 126 cm³/mol. The molecule has 3 heterocycles. The average molecular weight is 487 g/mol. The van der Waals surface area contributed by atoms with E-state index >= 15 is 0 Å². The first kappa shape index (κ1) is 24.8. The molecule has 3 rings (SSSR count). The third-order valence-corrected chi connectivity index (χ3v) is 6.69. The summed E-state index contributed by atoms with van der Waals surface area (Å²) in [5, 5.41) is 24.9. The summed E-state index contributed by atoms with van der Waals surface area (Å²) in [4.78, 5) is 12.7. The summed E-state index contributed by atoms with van der Waals surface area (Å²) < 4.78 is 35.2. The number of sulfonamides is 1. The molecule has 0 saturated carbocycles. The lowest BCUT2D eigenvalue weighted by molar-refractivity contribution is 0.341. The zero-order chi connectivity index (χ0) is 24.9. The number of methoxy groups -OCH3 is 1. The van der Waals surface area contributed by atoms with E-state index in [-0.39, 0.29) is 24.0 Å². The summed E-state index contributed by atoms with van der Waals surface area (Å²) in [5.74, 6) is 0.608. The molecular weight excluding hydrogens is 460 g/mol. The van der Waals surface area contributed by atoms with E-state index in [0.717, 1.165) is 11.8 Å². The SMILES string of the molecule is COc1cccc(-c2nnc(NS(=O)(=O)[C@@H](C)Cc3ncc(C)cn3)n2[C@@H](C)/C(O)=C/C=N)n1. The third kappa shape index (κ3) is 5.54. The zero-order valence-electron chi connectivity index (χ0n) is 19.2. The van der Waals surface area contributed by atoms with Gasteiger partial charge in [0.05, 0.1) is 18.4 Å². The number of aryl methyl sites for hydroxylation is 1. The van der Waals surface area contributed by atoms with Gasteiger partial charge in [0.1, 0.15) is 17.3 Å². The van der Waals surface area contributed by atoms with Gasteiger partial charge in [0.2, 0.25) is 21.9 Å². The lowest BCUT2D eigenvalue weighted by atomic mass is 10.2. The van der Waals surface area contributed by atoms with Crippen LogP contribution in [0, 0.1) is 12.3 Å². The monoisotopic (exact) mass is 486 g/mol. The molecule has 0 radical (unpaired) electrons. The fourth-order valence-corrected chi connectivity index (χ4v) is 4.00. The van der Waals surface area contributed by atoms with Crippen LogP contribution >= 0.6 is 0 Å². The van der Waals surface area contributed by atoms with Crippen molar-refractivity contribution in [2.24, 2.45) is 0 Å². The molecule has 2 atom stereocenters. The molecule has 180 valence electrons. The van der Waals surface area contributed by atoms with E-state index in [1.54, 1.807) is 37.5 Å². The van der Waals surface area contributed by atoms with Crippen LogP contribution in [0.5, 0.6) is 5.88 Å². The van der Waals surface area contributed by atoms with Crippen LogP contribution in [0.2, 0.25) is 0 Å². The molecule has 0 aliphatic rings. The highest BCUT2D eigenvalue weighted by Gasteiger charge is 2.28. The van der Waals surface area contributed by atoms with Crippen LogP contribution in [0.3, 0.4) is 0 Å². The van der Waals surface area contributed by atoms with Gasteiger partial charge < -0.3 is 15.3 Å². The molecule has 12 nitrogen and oxygen atoms in total. The van der Waals surface area contributed by atoms with Crippen molar-refractivity contribution in [3.8, 4) is 17.4 Å². The zero-order valence-corrected chi connectivity index (χ0v) is 20.0. The lowest BCUT2D eigenvalue weighted by Crippen LogP contribution is -2.29. The van der Waals surface area contributed by atoms with Gasteiger partial charge in [-0.3, -0.25) is 9.29 Å². The number of hydrogen-bond donors (Lipinski definition) is 3. The fourth-order valence-electron chi connectivity index (χ4n) is 3.03. The van der Waals surface area contributed by atoms with E-state index in [1.165, 1.54) is 24.7 Å². The van der Waals surface area contributed by atoms with Crippen molar-refractivity contribution >= 4 is 22.2 Å². The number of allylic oxidation sites excluding steroid dienone is 2. The Morgan fingerprint density at radius 3 is 2.62 bits per heavy atom. The molecule has 34 heavy (non-hydrogen) atoms. The van der Waals surface area contributed by atoms with Crippen LogP contribution in [0.4, 0.5) is 5.95 Å². The molecule has 0 bridgehead atoms. The first-order chi connectivity index (χ1) is 16.2. The number of rotatable bonds is 10. The van der Waals surface area contributed by atoms with Crippen LogP contribution in [0.15, 0.2) is 42.4 Å². The second-order valence-corrected chi connectivity index (χ2v) is 9.65. The van der Waals surface area contributed by atoms with Gasteiger partial charge in [-0.2, -0.15) is 0 Å². The third-order valence-electron chi connectivity index (χ3n) is 4.99. The average Bonchev–Trinajstić information content (AvgIpc) is 3.22. The van der Waals surface area contributed by atoms with Crippen LogP contribution in [0.25, 0.3) is 11.5 Å². The van der Waals surface area contributed by atoms with Crippen LogP contribution in [-0.2, 0) is 16.4 Å². The van der Waals surface area contributed by atoms with Gasteiger partial charge in [0.15, 0.2) is 5.82 Å². The van der Waals surface area contributed by atoms with Gasteiger partial charge >= 0.3 is 0 Å². The summed E-state index contributed by atoms with van der Waals surface area (Å²) in [6, 6.07) is 4.19. The maximum atomic E-state index is 13.1. The number of pyridine rings is 1. The number of hydrogen-bond acceptors (Lipinski definition) is 10. The minimum absolute atomic E-state index is 0.0859. The van der Waals surface area contributed by atoms with Gasteiger partial charge in [0, 0.05) is 31.1 Å². The topological polar surface area (TPSA) is 169 Å². The molecule has 0 aliphatic carbocycles. The molecular formula is C21H26N8O4S. The molecule has 3 aromatic heterocycles. The van der Waals surface area contributed by atoms with Crippen molar-refractivity contribution in [1.82, 2.24) is 29.7 Å². The van der Waals surface area contributed by atoms with Gasteiger partial charge in [0.25, 0.3) is 0 Å². The minimum Gasteiger partial charge on any atom is -0.510 e. The molecule has 0 fully saturated rings. The molecule has 3 aromatic rings. The van der Waals surface area contributed by atoms with E-state index < -0.39 is 21.3 Å². The van der Waals surface area contributed by atoms with E-state index in [4.69, 9.17) is 10.1 Å². The lowest BCUT2D eigenvalue weighted by Gasteiger charge is -2.19. The van der Waals surface area contributed by atoms with E-state index in [9.17, 15) is 13.5 Å². The molecule has 0 aliphatic heterocycles. The maximum absolute atomic E-state index is 13.1. The Balaban J connectivity index is 1.99. The first-order valence-electron chi connectivity index (χ1n) is 10.3. The molecule has 0 saturated heterocycles. The molecule has 0 spiro atoms. The van der Waals surface area contributed by atoms with E-state index in [1.807, 2.05) is 6.92 Å². The van der Waals surface area contributed by atoms with Crippen molar-refractivity contribution in [2.45, 2.75) is 38.5 Å². The van der Waals surface area contributed by atoms with Gasteiger partial charge in [-0.1, -0.05) is 6.07 Å².